The van der Waals surface area contributed by atoms with Gasteiger partial charge in [0.15, 0.2) is 0 Å². The standard InChI is InChI=1S/C11H14BrNO2S/c1-15-10-3-2-8(6-9(10)12)4-5-13-11(14)7-16/h2-3,6,16H,4-5,7H2,1H3,(H,13,14). The molecule has 0 bridgehead atoms. The SMILES string of the molecule is COc1ccc(CCNC(=O)CS)cc1Br. The maximum atomic E-state index is 11.0. The second kappa shape index (κ2) is 6.81. The molecule has 0 saturated carbocycles. The first kappa shape index (κ1) is 13.4. The summed E-state index contributed by atoms with van der Waals surface area (Å²) in [5.41, 5.74) is 1.15. The van der Waals surface area contributed by atoms with Crippen molar-refractivity contribution in [3.05, 3.63) is 28.2 Å². The number of carbonyl (C=O) groups is 1. The zero-order valence-corrected chi connectivity index (χ0v) is 11.5. The Bertz CT molecular complexity index is 371. The van der Waals surface area contributed by atoms with Crippen LogP contribution in [0.3, 0.4) is 0 Å². The summed E-state index contributed by atoms with van der Waals surface area (Å²) in [7, 11) is 1.63. The van der Waals surface area contributed by atoms with E-state index in [-0.39, 0.29) is 11.7 Å². The van der Waals surface area contributed by atoms with Crippen molar-refractivity contribution in [2.75, 3.05) is 19.4 Å². The first-order chi connectivity index (χ1) is 7.67. The highest BCUT2D eigenvalue weighted by Crippen LogP contribution is 2.25. The van der Waals surface area contributed by atoms with Crippen LogP contribution in [0.2, 0.25) is 0 Å². The van der Waals surface area contributed by atoms with Gasteiger partial charge in [0, 0.05) is 6.54 Å². The van der Waals surface area contributed by atoms with Gasteiger partial charge in [-0.25, -0.2) is 0 Å². The highest BCUT2D eigenvalue weighted by molar-refractivity contribution is 9.10. The molecule has 0 radical (unpaired) electrons. The Balaban J connectivity index is 2.49. The van der Waals surface area contributed by atoms with E-state index in [1.807, 2.05) is 18.2 Å². The summed E-state index contributed by atoms with van der Waals surface area (Å²) >= 11 is 7.30. The molecule has 0 aliphatic carbocycles. The zero-order valence-electron chi connectivity index (χ0n) is 9.00. The van der Waals surface area contributed by atoms with Crippen molar-refractivity contribution in [1.29, 1.82) is 0 Å². The highest BCUT2D eigenvalue weighted by atomic mass is 79.9. The van der Waals surface area contributed by atoms with Crippen LogP contribution < -0.4 is 10.1 Å². The summed E-state index contributed by atoms with van der Waals surface area (Å²) in [6.45, 7) is 0.623. The van der Waals surface area contributed by atoms with Crippen LogP contribution in [0.5, 0.6) is 5.75 Å². The van der Waals surface area contributed by atoms with E-state index in [1.165, 1.54) is 0 Å². The number of ether oxygens (including phenoxy) is 1. The fourth-order valence-corrected chi connectivity index (χ4v) is 1.97. The summed E-state index contributed by atoms with van der Waals surface area (Å²) in [5.74, 6) is 0.991. The van der Waals surface area contributed by atoms with Crippen molar-refractivity contribution in [3.63, 3.8) is 0 Å². The third kappa shape index (κ3) is 4.06. The third-order valence-electron chi connectivity index (χ3n) is 2.10. The van der Waals surface area contributed by atoms with Crippen LogP contribution in [0.4, 0.5) is 0 Å². The van der Waals surface area contributed by atoms with Gasteiger partial charge in [-0.1, -0.05) is 6.07 Å². The van der Waals surface area contributed by atoms with Crippen molar-refractivity contribution in [2.24, 2.45) is 0 Å². The van der Waals surface area contributed by atoms with Crippen molar-refractivity contribution >= 4 is 34.5 Å². The average Bonchev–Trinajstić information content (AvgIpc) is 2.29. The molecular formula is C11H14BrNO2S. The number of hydrogen-bond acceptors (Lipinski definition) is 3. The fourth-order valence-electron chi connectivity index (χ4n) is 1.27. The molecule has 1 N–H and O–H groups in total. The number of methoxy groups -OCH3 is 1. The molecule has 0 heterocycles. The lowest BCUT2D eigenvalue weighted by molar-refractivity contribution is -0.118. The number of hydrogen-bond donors (Lipinski definition) is 2. The fraction of sp³-hybridized carbons (Fsp3) is 0.364. The van der Waals surface area contributed by atoms with E-state index in [0.717, 1.165) is 22.2 Å². The first-order valence-electron chi connectivity index (χ1n) is 4.87. The topological polar surface area (TPSA) is 38.3 Å². The van der Waals surface area contributed by atoms with Crippen LogP contribution in [-0.2, 0) is 11.2 Å². The molecule has 0 aliphatic heterocycles. The molecule has 1 aromatic rings. The van der Waals surface area contributed by atoms with E-state index in [2.05, 4.69) is 33.9 Å². The number of carbonyl (C=O) groups excluding carboxylic acids is 1. The monoisotopic (exact) mass is 303 g/mol. The number of benzene rings is 1. The minimum Gasteiger partial charge on any atom is -0.496 e. The van der Waals surface area contributed by atoms with Crippen LogP contribution in [0.1, 0.15) is 5.56 Å². The number of amides is 1. The number of halogens is 1. The molecule has 0 unspecified atom stereocenters. The van der Waals surface area contributed by atoms with Gasteiger partial charge < -0.3 is 10.1 Å². The second-order valence-corrected chi connectivity index (χ2v) is 4.40. The number of nitrogens with one attached hydrogen (secondary N) is 1. The van der Waals surface area contributed by atoms with E-state index >= 15 is 0 Å². The van der Waals surface area contributed by atoms with Crippen LogP contribution in [0.15, 0.2) is 22.7 Å². The second-order valence-electron chi connectivity index (χ2n) is 3.23. The molecule has 16 heavy (non-hydrogen) atoms. The lowest BCUT2D eigenvalue weighted by atomic mass is 10.1. The number of thiol groups is 1. The van der Waals surface area contributed by atoms with Crippen LogP contribution in [0.25, 0.3) is 0 Å². The molecule has 0 fully saturated rings. The van der Waals surface area contributed by atoms with Gasteiger partial charge in [-0.15, -0.1) is 0 Å². The van der Waals surface area contributed by atoms with E-state index < -0.39 is 0 Å². The Labute approximate surface area is 109 Å². The Kier molecular flexibility index (Phi) is 5.69. The Hall–Kier alpha value is -0.680. The zero-order chi connectivity index (χ0) is 12.0. The summed E-state index contributed by atoms with van der Waals surface area (Å²) < 4.78 is 6.06. The van der Waals surface area contributed by atoms with Gasteiger partial charge >= 0.3 is 0 Å². The van der Waals surface area contributed by atoms with Gasteiger partial charge in [0.1, 0.15) is 5.75 Å². The highest BCUT2D eigenvalue weighted by Gasteiger charge is 2.02. The minimum atomic E-state index is -0.0455. The molecular weight excluding hydrogens is 290 g/mol. The molecule has 5 heteroatoms. The van der Waals surface area contributed by atoms with Gasteiger partial charge in [-0.2, -0.15) is 12.6 Å². The predicted octanol–water partition coefficient (Wildman–Crippen LogP) is 2.05. The quantitative estimate of drug-likeness (QED) is 0.817. The Morgan fingerprint density at radius 3 is 2.88 bits per heavy atom. The van der Waals surface area contributed by atoms with E-state index in [1.54, 1.807) is 7.11 Å². The van der Waals surface area contributed by atoms with Gasteiger partial charge in [-0.05, 0) is 40.0 Å². The largest absolute Gasteiger partial charge is 0.496 e. The van der Waals surface area contributed by atoms with Crippen molar-refractivity contribution < 1.29 is 9.53 Å². The summed E-state index contributed by atoms with van der Waals surface area (Å²) in [6.07, 6.45) is 0.794. The van der Waals surface area contributed by atoms with Crippen molar-refractivity contribution in [2.45, 2.75) is 6.42 Å². The van der Waals surface area contributed by atoms with E-state index in [0.29, 0.717) is 6.54 Å². The molecule has 0 saturated heterocycles. The molecule has 88 valence electrons. The first-order valence-corrected chi connectivity index (χ1v) is 6.30. The molecule has 0 spiro atoms. The molecule has 1 aromatic carbocycles. The summed E-state index contributed by atoms with van der Waals surface area (Å²) in [4.78, 5) is 11.0. The van der Waals surface area contributed by atoms with Gasteiger partial charge in [0.05, 0.1) is 17.3 Å². The molecule has 1 amide bonds. The minimum absolute atomic E-state index is 0.0455. The smallest absolute Gasteiger partial charge is 0.229 e. The maximum absolute atomic E-state index is 11.0. The van der Waals surface area contributed by atoms with Gasteiger partial charge in [0.2, 0.25) is 5.91 Å². The summed E-state index contributed by atoms with van der Waals surface area (Å²) in [5, 5.41) is 2.77. The average molecular weight is 304 g/mol. The number of rotatable bonds is 5. The van der Waals surface area contributed by atoms with E-state index in [4.69, 9.17) is 4.74 Å². The lowest BCUT2D eigenvalue weighted by Crippen LogP contribution is -2.26. The predicted molar refractivity (Wildman–Crippen MR) is 71.3 cm³/mol. The molecule has 1 rings (SSSR count). The molecule has 0 aromatic heterocycles. The van der Waals surface area contributed by atoms with Gasteiger partial charge in [0.25, 0.3) is 0 Å². The Morgan fingerprint density at radius 1 is 1.56 bits per heavy atom. The van der Waals surface area contributed by atoms with Crippen molar-refractivity contribution in [3.8, 4) is 5.75 Å². The molecule has 0 atom stereocenters. The van der Waals surface area contributed by atoms with Crippen LogP contribution >= 0.6 is 28.6 Å². The van der Waals surface area contributed by atoms with Crippen LogP contribution in [0, 0.1) is 0 Å². The van der Waals surface area contributed by atoms with Gasteiger partial charge in [-0.3, -0.25) is 4.79 Å². The lowest BCUT2D eigenvalue weighted by Gasteiger charge is -2.07. The third-order valence-corrected chi connectivity index (χ3v) is 3.00. The van der Waals surface area contributed by atoms with Crippen LogP contribution in [-0.4, -0.2) is 25.3 Å². The van der Waals surface area contributed by atoms with Crippen molar-refractivity contribution in [1.82, 2.24) is 5.32 Å². The normalized spacial score (nSPS) is 9.94. The molecule has 3 nitrogen and oxygen atoms in total. The van der Waals surface area contributed by atoms with E-state index in [9.17, 15) is 4.79 Å². The summed E-state index contributed by atoms with van der Waals surface area (Å²) in [6, 6.07) is 5.88. The maximum Gasteiger partial charge on any atom is 0.229 e. The molecule has 0 aliphatic rings. The Morgan fingerprint density at radius 2 is 2.31 bits per heavy atom.